The summed E-state index contributed by atoms with van der Waals surface area (Å²) in [5, 5.41) is 12.5. The minimum atomic E-state index is -1.00. The SMILES string of the molecule is O=C(NCC1(O)CCOC1)c1ccc(F)cn1. The second-order valence-electron chi connectivity index (χ2n) is 4.07. The number of rotatable bonds is 3. The third-order valence-electron chi connectivity index (χ3n) is 2.62. The van der Waals surface area contributed by atoms with Gasteiger partial charge in [-0.25, -0.2) is 9.37 Å². The quantitative estimate of drug-likeness (QED) is 0.786. The molecule has 0 radical (unpaired) electrons. The molecule has 1 amide bonds. The van der Waals surface area contributed by atoms with Gasteiger partial charge in [-0.2, -0.15) is 0 Å². The fourth-order valence-corrected chi connectivity index (χ4v) is 1.58. The van der Waals surface area contributed by atoms with Crippen molar-refractivity contribution in [2.45, 2.75) is 12.0 Å². The van der Waals surface area contributed by atoms with E-state index in [0.717, 1.165) is 12.3 Å². The summed E-state index contributed by atoms with van der Waals surface area (Å²) in [5.41, 5.74) is -0.885. The van der Waals surface area contributed by atoms with Crippen molar-refractivity contribution in [3.05, 3.63) is 29.8 Å². The van der Waals surface area contributed by atoms with E-state index in [0.29, 0.717) is 13.0 Å². The van der Waals surface area contributed by atoms with Crippen molar-refractivity contribution in [1.29, 1.82) is 0 Å². The largest absolute Gasteiger partial charge is 0.386 e. The second-order valence-corrected chi connectivity index (χ2v) is 4.07. The minimum Gasteiger partial charge on any atom is -0.386 e. The van der Waals surface area contributed by atoms with Crippen LogP contribution in [0.4, 0.5) is 4.39 Å². The van der Waals surface area contributed by atoms with Crippen LogP contribution < -0.4 is 5.32 Å². The minimum absolute atomic E-state index is 0.102. The number of pyridine rings is 1. The number of aromatic nitrogens is 1. The van der Waals surface area contributed by atoms with Crippen LogP contribution in [0.25, 0.3) is 0 Å². The van der Waals surface area contributed by atoms with E-state index in [1.165, 1.54) is 6.07 Å². The summed E-state index contributed by atoms with van der Waals surface area (Å²) in [7, 11) is 0. The number of hydrogen-bond donors (Lipinski definition) is 2. The maximum absolute atomic E-state index is 12.6. The Morgan fingerprint density at radius 3 is 3.06 bits per heavy atom. The van der Waals surface area contributed by atoms with Gasteiger partial charge < -0.3 is 15.2 Å². The van der Waals surface area contributed by atoms with Gasteiger partial charge in [0.05, 0.1) is 12.8 Å². The monoisotopic (exact) mass is 240 g/mol. The summed E-state index contributed by atoms with van der Waals surface area (Å²) < 4.78 is 17.6. The van der Waals surface area contributed by atoms with Gasteiger partial charge in [0.1, 0.15) is 17.1 Å². The maximum Gasteiger partial charge on any atom is 0.269 e. The van der Waals surface area contributed by atoms with E-state index < -0.39 is 17.3 Å². The Labute approximate surface area is 97.6 Å². The van der Waals surface area contributed by atoms with Gasteiger partial charge in [0.2, 0.25) is 0 Å². The molecular weight excluding hydrogens is 227 g/mol. The van der Waals surface area contributed by atoms with Gasteiger partial charge in [-0.15, -0.1) is 0 Å². The highest BCUT2D eigenvalue weighted by Gasteiger charge is 2.32. The van der Waals surface area contributed by atoms with Crippen molar-refractivity contribution in [2.75, 3.05) is 19.8 Å². The van der Waals surface area contributed by atoms with E-state index in [2.05, 4.69) is 10.3 Å². The summed E-state index contributed by atoms with van der Waals surface area (Å²) in [5.74, 6) is -0.935. The molecule has 0 bridgehead atoms. The van der Waals surface area contributed by atoms with Gasteiger partial charge in [0.25, 0.3) is 5.91 Å². The van der Waals surface area contributed by atoms with Crippen molar-refractivity contribution >= 4 is 5.91 Å². The molecule has 5 nitrogen and oxygen atoms in total. The van der Waals surface area contributed by atoms with Crippen molar-refractivity contribution in [2.24, 2.45) is 0 Å². The van der Waals surface area contributed by atoms with Gasteiger partial charge in [-0.3, -0.25) is 4.79 Å². The zero-order valence-electron chi connectivity index (χ0n) is 9.15. The first-order valence-electron chi connectivity index (χ1n) is 5.29. The fourth-order valence-electron chi connectivity index (χ4n) is 1.58. The highest BCUT2D eigenvalue weighted by Crippen LogP contribution is 2.16. The lowest BCUT2D eigenvalue weighted by molar-refractivity contribution is 0.0264. The Hall–Kier alpha value is -1.53. The van der Waals surface area contributed by atoms with Crippen LogP contribution in [0, 0.1) is 5.82 Å². The van der Waals surface area contributed by atoms with Crippen molar-refractivity contribution in [1.82, 2.24) is 10.3 Å². The van der Waals surface area contributed by atoms with Gasteiger partial charge in [-0.05, 0) is 12.1 Å². The lowest BCUT2D eigenvalue weighted by Gasteiger charge is -2.20. The molecule has 2 heterocycles. The second kappa shape index (κ2) is 4.77. The number of nitrogens with zero attached hydrogens (tertiary/aromatic N) is 1. The molecule has 1 fully saturated rings. The first-order valence-corrected chi connectivity index (χ1v) is 5.29. The number of aliphatic hydroxyl groups is 1. The molecule has 2 rings (SSSR count). The van der Waals surface area contributed by atoms with Gasteiger partial charge in [-0.1, -0.05) is 0 Å². The molecule has 0 aliphatic carbocycles. The third-order valence-corrected chi connectivity index (χ3v) is 2.62. The summed E-state index contributed by atoms with van der Waals surface area (Å²) in [6.45, 7) is 0.802. The summed E-state index contributed by atoms with van der Waals surface area (Å²) >= 11 is 0. The van der Waals surface area contributed by atoms with Crippen LogP contribution in [0.2, 0.25) is 0 Å². The number of nitrogens with one attached hydrogen (secondary N) is 1. The highest BCUT2D eigenvalue weighted by atomic mass is 19.1. The number of carbonyl (C=O) groups is 1. The predicted octanol–water partition coefficient (Wildman–Crippen LogP) is 0.102. The van der Waals surface area contributed by atoms with E-state index >= 15 is 0 Å². The lowest BCUT2D eigenvalue weighted by atomic mass is 10.0. The van der Waals surface area contributed by atoms with E-state index in [-0.39, 0.29) is 18.8 Å². The van der Waals surface area contributed by atoms with Crippen LogP contribution in [0.1, 0.15) is 16.9 Å². The summed E-state index contributed by atoms with van der Waals surface area (Å²) in [4.78, 5) is 15.3. The van der Waals surface area contributed by atoms with Crippen molar-refractivity contribution in [3.8, 4) is 0 Å². The van der Waals surface area contributed by atoms with Gasteiger partial charge in [0.15, 0.2) is 0 Å². The molecule has 2 N–H and O–H groups in total. The first-order chi connectivity index (χ1) is 8.09. The molecule has 6 heteroatoms. The molecule has 1 atom stereocenters. The van der Waals surface area contributed by atoms with E-state index in [1.54, 1.807) is 0 Å². The molecular formula is C11H13FN2O3. The average molecular weight is 240 g/mol. The standard InChI is InChI=1S/C11H13FN2O3/c12-8-1-2-9(13-5-8)10(15)14-6-11(16)3-4-17-7-11/h1-2,5,16H,3-4,6-7H2,(H,14,15). The normalized spacial score (nSPS) is 23.6. The number of hydrogen-bond acceptors (Lipinski definition) is 4. The third kappa shape index (κ3) is 2.98. The Balaban J connectivity index is 1.91. The first kappa shape index (κ1) is 11.9. The smallest absolute Gasteiger partial charge is 0.269 e. The Bertz CT molecular complexity index is 402. The van der Waals surface area contributed by atoms with Crippen LogP contribution in [0.3, 0.4) is 0 Å². The predicted molar refractivity (Wildman–Crippen MR) is 56.9 cm³/mol. The molecule has 17 heavy (non-hydrogen) atoms. The lowest BCUT2D eigenvalue weighted by Crippen LogP contribution is -2.43. The molecule has 1 aromatic heterocycles. The molecule has 0 aromatic carbocycles. The number of ether oxygens (including phenoxy) is 1. The Kier molecular flexibility index (Phi) is 3.35. The molecule has 92 valence electrons. The maximum atomic E-state index is 12.6. The molecule has 1 saturated heterocycles. The topological polar surface area (TPSA) is 71.5 Å². The number of carbonyl (C=O) groups excluding carboxylic acids is 1. The molecule has 1 aliphatic rings. The van der Waals surface area contributed by atoms with Crippen LogP contribution in [0.15, 0.2) is 18.3 Å². The molecule has 1 unspecified atom stereocenters. The van der Waals surface area contributed by atoms with E-state index in [9.17, 15) is 14.3 Å². The summed E-state index contributed by atoms with van der Waals surface area (Å²) in [6.07, 6.45) is 1.46. The van der Waals surface area contributed by atoms with Crippen molar-refractivity contribution in [3.63, 3.8) is 0 Å². The number of amides is 1. The Morgan fingerprint density at radius 2 is 2.47 bits per heavy atom. The fraction of sp³-hybridized carbons (Fsp3) is 0.455. The van der Waals surface area contributed by atoms with Crippen LogP contribution in [0.5, 0.6) is 0 Å². The van der Waals surface area contributed by atoms with Crippen molar-refractivity contribution < 1.29 is 19.0 Å². The van der Waals surface area contributed by atoms with Crippen LogP contribution in [-0.2, 0) is 4.74 Å². The van der Waals surface area contributed by atoms with E-state index in [4.69, 9.17) is 4.74 Å². The Morgan fingerprint density at radius 1 is 1.65 bits per heavy atom. The van der Waals surface area contributed by atoms with Gasteiger partial charge >= 0.3 is 0 Å². The van der Waals surface area contributed by atoms with Crippen LogP contribution in [-0.4, -0.2) is 41.4 Å². The number of halogens is 1. The summed E-state index contributed by atoms with van der Waals surface area (Å²) in [6, 6.07) is 2.45. The van der Waals surface area contributed by atoms with E-state index in [1.807, 2.05) is 0 Å². The molecule has 1 aromatic rings. The zero-order valence-corrected chi connectivity index (χ0v) is 9.15. The zero-order chi connectivity index (χ0) is 12.3. The molecule has 0 saturated carbocycles. The average Bonchev–Trinajstić information content (AvgIpc) is 2.75. The molecule has 0 spiro atoms. The van der Waals surface area contributed by atoms with Crippen LogP contribution >= 0.6 is 0 Å². The van der Waals surface area contributed by atoms with Gasteiger partial charge in [0, 0.05) is 19.6 Å². The molecule has 1 aliphatic heterocycles. The highest BCUT2D eigenvalue weighted by molar-refractivity contribution is 5.92.